The van der Waals surface area contributed by atoms with Gasteiger partial charge in [0.25, 0.3) is 0 Å². The van der Waals surface area contributed by atoms with Gasteiger partial charge in [0.15, 0.2) is 0 Å². The summed E-state index contributed by atoms with van der Waals surface area (Å²) < 4.78 is 0. The lowest BCUT2D eigenvalue weighted by atomic mass is 10.0. The third-order valence-electron chi connectivity index (χ3n) is 3.12. The largest absolute Gasteiger partial charge is 0.348 e. The van der Waals surface area contributed by atoms with Crippen molar-refractivity contribution in [3.05, 3.63) is 35.4 Å². The molecule has 1 aromatic carbocycles. The van der Waals surface area contributed by atoms with Crippen LogP contribution < -0.4 is 5.32 Å². The summed E-state index contributed by atoms with van der Waals surface area (Å²) in [5.74, 6) is 1.34. The van der Waals surface area contributed by atoms with E-state index >= 15 is 0 Å². The standard InChI is InChI=1S/C14H19NOS/c1-10-3-5-11(6-4-10)14(12-7-8-12)15-13(16)9-17-2/h3-6,12,14H,7-9H2,1-2H3,(H,15,16). The van der Waals surface area contributed by atoms with Crippen molar-refractivity contribution in [2.45, 2.75) is 25.8 Å². The van der Waals surface area contributed by atoms with Gasteiger partial charge in [0.2, 0.25) is 5.91 Å². The number of nitrogens with one attached hydrogen (secondary N) is 1. The number of benzene rings is 1. The fraction of sp³-hybridized carbons (Fsp3) is 0.500. The van der Waals surface area contributed by atoms with Crippen LogP contribution in [0.15, 0.2) is 24.3 Å². The molecule has 1 aromatic rings. The molecule has 1 unspecified atom stereocenters. The normalized spacial score (nSPS) is 16.6. The number of hydrogen-bond acceptors (Lipinski definition) is 2. The Morgan fingerprint density at radius 2 is 2.06 bits per heavy atom. The summed E-state index contributed by atoms with van der Waals surface area (Å²) in [6.07, 6.45) is 4.42. The van der Waals surface area contributed by atoms with Gasteiger partial charge in [-0.1, -0.05) is 29.8 Å². The Bertz CT molecular complexity index is 384. The number of rotatable bonds is 5. The molecule has 0 heterocycles. The maximum absolute atomic E-state index is 11.7. The van der Waals surface area contributed by atoms with Crippen LogP contribution in [-0.2, 0) is 4.79 Å². The number of amides is 1. The van der Waals surface area contributed by atoms with Crippen LogP contribution in [0.5, 0.6) is 0 Å². The van der Waals surface area contributed by atoms with Crippen molar-refractivity contribution in [3.8, 4) is 0 Å². The molecule has 2 rings (SSSR count). The van der Waals surface area contributed by atoms with E-state index in [2.05, 4.69) is 36.5 Å². The van der Waals surface area contributed by atoms with E-state index in [1.54, 1.807) is 11.8 Å². The average molecular weight is 249 g/mol. The van der Waals surface area contributed by atoms with E-state index in [9.17, 15) is 4.79 Å². The quantitative estimate of drug-likeness (QED) is 0.869. The lowest BCUT2D eigenvalue weighted by Crippen LogP contribution is -2.31. The SMILES string of the molecule is CSCC(=O)NC(c1ccc(C)cc1)C1CC1. The second-order valence-corrected chi connectivity index (χ2v) is 5.59. The highest BCUT2D eigenvalue weighted by molar-refractivity contribution is 7.99. The Labute approximate surface area is 107 Å². The van der Waals surface area contributed by atoms with Crippen molar-refractivity contribution in [1.82, 2.24) is 5.32 Å². The van der Waals surface area contributed by atoms with Crippen molar-refractivity contribution < 1.29 is 4.79 Å². The molecule has 17 heavy (non-hydrogen) atoms. The zero-order valence-electron chi connectivity index (χ0n) is 10.4. The summed E-state index contributed by atoms with van der Waals surface area (Å²) in [7, 11) is 0. The first-order valence-electron chi connectivity index (χ1n) is 6.05. The predicted octanol–water partition coefficient (Wildman–Crippen LogP) is 2.93. The van der Waals surface area contributed by atoms with E-state index in [0.717, 1.165) is 0 Å². The monoisotopic (exact) mass is 249 g/mol. The van der Waals surface area contributed by atoms with Crippen molar-refractivity contribution in [3.63, 3.8) is 0 Å². The van der Waals surface area contributed by atoms with Crippen LogP contribution in [0.25, 0.3) is 0 Å². The molecule has 0 bridgehead atoms. The summed E-state index contributed by atoms with van der Waals surface area (Å²) in [5, 5.41) is 3.16. The highest BCUT2D eigenvalue weighted by Crippen LogP contribution is 2.41. The lowest BCUT2D eigenvalue weighted by Gasteiger charge is -2.18. The Hall–Kier alpha value is -0.960. The zero-order valence-corrected chi connectivity index (χ0v) is 11.2. The molecular weight excluding hydrogens is 230 g/mol. The van der Waals surface area contributed by atoms with Gasteiger partial charge in [0.05, 0.1) is 11.8 Å². The summed E-state index contributed by atoms with van der Waals surface area (Å²) in [4.78, 5) is 11.7. The predicted molar refractivity (Wildman–Crippen MR) is 73.2 cm³/mol. The second kappa shape index (κ2) is 5.58. The van der Waals surface area contributed by atoms with Crippen molar-refractivity contribution in [2.75, 3.05) is 12.0 Å². The molecular formula is C14H19NOS. The lowest BCUT2D eigenvalue weighted by molar-refractivity contribution is -0.119. The number of hydrogen-bond donors (Lipinski definition) is 1. The van der Waals surface area contributed by atoms with Gasteiger partial charge in [-0.05, 0) is 37.5 Å². The Balaban J connectivity index is 2.06. The summed E-state index contributed by atoms with van der Waals surface area (Å²) in [6, 6.07) is 8.72. The highest BCUT2D eigenvalue weighted by Gasteiger charge is 2.33. The molecule has 0 saturated heterocycles. The van der Waals surface area contributed by atoms with Crippen LogP contribution in [-0.4, -0.2) is 17.9 Å². The molecule has 3 heteroatoms. The smallest absolute Gasteiger partial charge is 0.230 e. The van der Waals surface area contributed by atoms with Gasteiger partial charge in [-0.3, -0.25) is 4.79 Å². The molecule has 1 saturated carbocycles. The topological polar surface area (TPSA) is 29.1 Å². The van der Waals surface area contributed by atoms with Gasteiger partial charge in [0, 0.05) is 0 Å². The molecule has 2 nitrogen and oxygen atoms in total. The Morgan fingerprint density at radius 1 is 1.41 bits per heavy atom. The molecule has 0 radical (unpaired) electrons. The molecule has 1 aliphatic rings. The average Bonchev–Trinajstić information content (AvgIpc) is 3.12. The Kier molecular flexibility index (Phi) is 4.11. The third kappa shape index (κ3) is 3.50. The molecule has 0 aliphatic heterocycles. The zero-order chi connectivity index (χ0) is 12.3. The van der Waals surface area contributed by atoms with Gasteiger partial charge in [-0.25, -0.2) is 0 Å². The minimum atomic E-state index is 0.148. The third-order valence-corrected chi connectivity index (χ3v) is 3.67. The van der Waals surface area contributed by atoms with Gasteiger partial charge in [0.1, 0.15) is 0 Å². The van der Waals surface area contributed by atoms with Crippen LogP contribution in [0.4, 0.5) is 0 Å². The number of aryl methyl sites for hydroxylation is 1. The van der Waals surface area contributed by atoms with E-state index < -0.39 is 0 Å². The van der Waals surface area contributed by atoms with Crippen LogP contribution >= 0.6 is 11.8 Å². The molecule has 1 aliphatic carbocycles. The van der Waals surface area contributed by atoms with Crippen LogP contribution in [0.1, 0.15) is 30.0 Å². The van der Waals surface area contributed by atoms with Gasteiger partial charge in [-0.2, -0.15) is 11.8 Å². The molecule has 1 N–H and O–H groups in total. The first-order valence-corrected chi connectivity index (χ1v) is 7.45. The fourth-order valence-electron chi connectivity index (χ4n) is 2.02. The first-order chi connectivity index (χ1) is 8.20. The molecule has 92 valence electrons. The van der Waals surface area contributed by atoms with E-state index in [1.807, 2.05) is 6.26 Å². The molecule has 0 aromatic heterocycles. The molecule has 1 atom stereocenters. The van der Waals surface area contributed by atoms with Gasteiger partial charge < -0.3 is 5.32 Å². The number of thioether (sulfide) groups is 1. The van der Waals surface area contributed by atoms with E-state index in [1.165, 1.54) is 24.0 Å². The minimum absolute atomic E-state index is 0.148. The van der Waals surface area contributed by atoms with Crippen LogP contribution in [0.3, 0.4) is 0 Å². The maximum atomic E-state index is 11.7. The van der Waals surface area contributed by atoms with Crippen LogP contribution in [0.2, 0.25) is 0 Å². The van der Waals surface area contributed by atoms with Gasteiger partial charge >= 0.3 is 0 Å². The summed E-state index contributed by atoms with van der Waals surface area (Å²) in [5.41, 5.74) is 2.51. The van der Waals surface area contributed by atoms with Gasteiger partial charge in [-0.15, -0.1) is 0 Å². The Morgan fingerprint density at radius 3 is 2.59 bits per heavy atom. The van der Waals surface area contributed by atoms with Crippen molar-refractivity contribution >= 4 is 17.7 Å². The second-order valence-electron chi connectivity index (χ2n) is 4.73. The fourth-order valence-corrected chi connectivity index (χ4v) is 2.37. The first kappa shape index (κ1) is 12.5. The summed E-state index contributed by atoms with van der Waals surface area (Å²) >= 11 is 1.57. The van der Waals surface area contributed by atoms with Crippen LogP contribution in [0, 0.1) is 12.8 Å². The highest BCUT2D eigenvalue weighted by atomic mass is 32.2. The molecule has 0 spiro atoms. The van der Waals surface area contributed by atoms with Crippen molar-refractivity contribution in [2.24, 2.45) is 5.92 Å². The molecule has 1 amide bonds. The van der Waals surface area contributed by atoms with E-state index in [-0.39, 0.29) is 11.9 Å². The summed E-state index contributed by atoms with van der Waals surface area (Å²) in [6.45, 7) is 2.09. The van der Waals surface area contributed by atoms with E-state index in [0.29, 0.717) is 11.7 Å². The van der Waals surface area contributed by atoms with E-state index in [4.69, 9.17) is 0 Å². The molecule has 1 fully saturated rings. The minimum Gasteiger partial charge on any atom is -0.348 e. The number of carbonyl (C=O) groups is 1. The van der Waals surface area contributed by atoms with Crippen molar-refractivity contribution in [1.29, 1.82) is 0 Å². The number of carbonyl (C=O) groups excluding carboxylic acids is 1. The maximum Gasteiger partial charge on any atom is 0.230 e.